The second kappa shape index (κ2) is 7.30. The summed E-state index contributed by atoms with van der Waals surface area (Å²) in [5.74, 6) is 0.556. The number of rotatable bonds is 4. The minimum atomic E-state index is -0.512. The Kier molecular flexibility index (Phi) is 6.36. The lowest BCUT2D eigenvalue weighted by atomic mass is 9.90. The van der Waals surface area contributed by atoms with Gasteiger partial charge in [0.1, 0.15) is 0 Å². The fourth-order valence-corrected chi connectivity index (χ4v) is 1.97. The summed E-state index contributed by atoms with van der Waals surface area (Å²) >= 11 is 2.09. The molecule has 0 radical (unpaired) electrons. The van der Waals surface area contributed by atoms with Crippen molar-refractivity contribution in [1.29, 1.82) is 0 Å². The maximum Gasteiger partial charge on any atom is 0.509 e. The van der Waals surface area contributed by atoms with Crippen molar-refractivity contribution in [2.24, 2.45) is 5.92 Å². The molecule has 0 heterocycles. The molecular formula is C11H19IO3. The number of carbonyl (C=O) groups excluding carboxylic acids is 1. The van der Waals surface area contributed by atoms with Crippen LogP contribution in [0.15, 0.2) is 0 Å². The molecule has 88 valence electrons. The van der Waals surface area contributed by atoms with E-state index >= 15 is 0 Å². The summed E-state index contributed by atoms with van der Waals surface area (Å²) in [5.41, 5.74) is 0. The first kappa shape index (κ1) is 13.1. The van der Waals surface area contributed by atoms with Gasteiger partial charge in [-0.1, -0.05) is 26.2 Å². The Hall–Kier alpha value is 0. The summed E-state index contributed by atoms with van der Waals surface area (Å²) in [6.45, 7) is 2.51. The van der Waals surface area contributed by atoms with Crippen molar-refractivity contribution >= 4 is 28.7 Å². The van der Waals surface area contributed by atoms with Crippen molar-refractivity contribution < 1.29 is 14.3 Å². The van der Waals surface area contributed by atoms with E-state index in [1.54, 1.807) is 0 Å². The fourth-order valence-electron chi connectivity index (χ4n) is 1.76. The summed E-state index contributed by atoms with van der Waals surface area (Å²) < 4.78 is 10.0. The maximum absolute atomic E-state index is 11.2. The number of hydrogen-bond donors (Lipinski definition) is 0. The Morgan fingerprint density at radius 1 is 1.40 bits per heavy atom. The molecule has 0 aromatic rings. The van der Waals surface area contributed by atoms with Gasteiger partial charge in [0.15, 0.2) is 4.11 Å². The van der Waals surface area contributed by atoms with Crippen molar-refractivity contribution in [3.63, 3.8) is 0 Å². The smallest absolute Gasteiger partial charge is 0.434 e. The topological polar surface area (TPSA) is 35.5 Å². The molecule has 0 spiro atoms. The zero-order chi connectivity index (χ0) is 11.1. The lowest BCUT2D eigenvalue weighted by Gasteiger charge is -2.21. The number of alkyl halides is 1. The summed E-state index contributed by atoms with van der Waals surface area (Å²) in [5, 5.41) is 0. The predicted octanol–water partition coefficient (Wildman–Crippen LogP) is 3.89. The van der Waals surface area contributed by atoms with Crippen molar-refractivity contribution in [2.45, 2.75) is 49.6 Å². The zero-order valence-corrected chi connectivity index (χ0v) is 11.4. The Balaban J connectivity index is 2.10. The van der Waals surface area contributed by atoms with E-state index in [0.717, 1.165) is 6.42 Å². The van der Waals surface area contributed by atoms with E-state index in [1.165, 1.54) is 32.1 Å². The molecule has 1 aliphatic rings. The molecule has 0 bridgehead atoms. The van der Waals surface area contributed by atoms with Crippen molar-refractivity contribution in [3.8, 4) is 0 Å². The van der Waals surface area contributed by atoms with Gasteiger partial charge in [0.05, 0.1) is 6.61 Å². The molecule has 0 N–H and O–H groups in total. The van der Waals surface area contributed by atoms with E-state index in [1.807, 2.05) is 6.92 Å². The molecule has 0 aromatic carbocycles. The number of ether oxygens (including phenoxy) is 2. The Labute approximate surface area is 105 Å². The minimum Gasteiger partial charge on any atom is -0.434 e. The molecule has 1 unspecified atom stereocenters. The summed E-state index contributed by atoms with van der Waals surface area (Å²) in [6, 6.07) is 0. The van der Waals surface area contributed by atoms with E-state index in [2.05, 4.69) is 22.6 Å². The van der Waals surface area contributed by atoms with E-state index in [0.29, 0.717) is 12.5 Å². The van der Waals surface area contributed by atoms with Crippen LogP contribution in [-0.2, 0) is 9.47 Å². The van der Waals surface area contributed by atoms with Gasteiger partial charge in [0.25, 0.3) is 0 Å². The van der Waals surface area contributed by atoms with Crippen LogP contribution in [0.25, 0.3) is 0 Å². The van der Waals surface area contributed by atoms with Crippen LogP contribution in [0.3, 0.4) is 0 Å². The van der Waals surface area contributed by atoms with E-state index in [4.69, 9.17) is 9.47 Å². The average Bonchev–Trinajstić information content (AvgIpc) is 2.27. The molecule has 4 heteroatoms. The third-order valence-corrected chi connectivity index (χ3v) is 3.84. The highest BCUT2D eigenvalue weighted by Gasteiger charge is 2.17. The molecule has 0 saturated heterocycles. The Bertz CT molecular complexity index is 190. The number of hydrogen-bond acceptors (Lipinski definition) is 3. The second-order valence-electron chi connectivity index (χ2n) is 4.00. The second-order valence-corrected chi connectivity index (χ2v) is 5.39. The van der Waals surface area contributed by atoms with Gasteiger partial charge in [-0.15, -0.1) is 0 Å². The highest BCUT2D eigenvalue weighted by molar-refractivity contribution is 14.1. The van der Waals surface area contributed by atoms with Gasteiger partial charge < -0.3 is 9.47 Å². The summed E-state index contributed by atoms with van der Waals surface area (Å²) in [7, 11) is 0. The molecule has 15 heavy (non-hydrogen) atoms. The van der Waals surface area contributed by atoms with Gasteiger partial charge >= 0.3 is 6.16 Å². The van der Waals surface area contributed by atoms with Crippen LogP contribution in [0.4, 0.5) is 4.79 Å². The molecule has 1 saturated carbocycles. The van der Waals surface area contributed by atoms with Crippen LogP contribution in [0.2, 0.25) is 0 Å². The molecule has 0 amide bonds. The van der Waals surface area contributed by atoms with Gasteiger partial charge in [-0.05, 0) is 47.8 Å². The highest BCUT2D eigenvalue weighted by Crippen LogP contribution is 2.23. The first-order valence-electron chi connectivity index (χ1n) is 5.70. The van der Waals surface area contributed by atoms with Crippen LogP contribution in [0, 0.1) is 5.92 Å². The third kappa shape index (κ3) is 5.58. The molecular weight excluding hydrogens is 307 g/mol. The molecule has 1 rings (SSSR count). The molecule has 3 nitrogen and oxygen atoms in total. The minimum absolute atomic E-state index is 0.0681. The van der Waals surface area contributed by atoms with Gasteiger partial charge in [0, 0.05) is 0 Å². The normalized spacial score (nSPS) is 19.6. The van der Waals surface area contributed by atoms with Crippen molar-refractivity contribution in [3.05, 3.63) is 0 Å². The van der Waals surface area contributed by atoms with E-state index in [-0.39, 0.29) is 4.11 Å². The molecule has 1 aliphatic carbocycles. The van der Waals surface area contributed by atoms with Crippen molar-refractivity contribution in [2.75, 3.05) is 6.61 Å². The standard InChI is InChI=1S/C11H19IO3/c1-2-10(12)15-11(13)14-8-9-6-4-3-5-7-9/h9-10H,2-8H2,1H3. The first-order chi connectivity index (χ1) is 7.22. The zero-order valence-electron chi connectivity index (χ0n) is 9.21. The summed E-state index contributed by atoms with van der Waals surface area (Å²) in [6.07, 6.45) is 6.55. The lowest BCUT2D eigenvalue weighted by molar-refractivity contribution is 0.0359. The quantitative estimate of drug-likeness (QED) is 0.447. The Morgan fingerprint density at radius 2 is 2.07 bits per heavy atom. The van der Waals surface area contributed by atoms with Crippen molar-refractivity contribution in [1.82, 2.24) is 0 Å². The van der Waals surface area contributed by atoms with Gasteiger partial charge in [-0.25, -0.2) is 4.79 Å². The van der Waals surface area contributed by atoms with Gasteiger partial charge in [-0.2, -0.15) is 0 Å². The van der Waals surface area contributed by atoms with Crippen LogP contribution in [-0.4, -0.2) is 16.9 Å². The van der Waals surface area contributed by atoms with Crippen LogP contribution in [0.5, 0.6) is 0 Å². The van der Waals surface area contributed by atoms with Crippen LogP contribution in [0.1, 0.15) is 45.4 Å². The maximum atomic E-state index is 11.2. The number of carbonyl (C=O) groups is 1. The van der Waals surface area contributed by atoms with Crippen LogP contribution >= 0.6 is 22.6 Å². The molecule has 1 fully saturated rings. The molecule has 1 atom stereocenters. The van der Waals surface area contributed by atoms with Crippen LogP contribution < -0.4 is 0 Å². The predicted molar refractivity (Wildman–Crippen MR) is 67.1 cm³/mol. The largest absolute Gasteiger partial charge is 0.509 e. The summed E-state index contributed by atoms with van der Waals surface area (Å²) in [4.78, 5) is 11.2. The molecule has 0 aromatic heterocycles. The fraction of sp³-hybridized carbons (Fsp3) is 0.909. The third-order valence-electron chi connectivity index (χ3n) is 2.71. The van der Waals surface area contributed by atoms with Gasteiger partial charge in [-0.3, -0.25) is 0 Å². The lowest BCUT2D eigenvalue weighted by Crippen LogP contribution is -2.19. The molecule has 0 aliphatic heterocycles. The van der Waals surface area contributed by atoms with E-state index in [9.17, 15) is 4.79 Å². The van der Waals surface area contributed by atoms with E-state index < -0.39 is 6.16 Å². The average molecular weight is 326 g/mol. The monoisotopic (exact) mass is 326 g/mol. The SMILES string of the molecule is CCC(I)OC(=O)OCC1CCCCC1. The number of halogens is 1. The first-order valence-corrected chi connectivity index (χ1v) is 6.94. The highest BCUT2D eigenvalue weighted by atomic mass is 127. The Morgan fingerprint density at radius 3 is 2.67 bits per heavy atom. The van der Waals surface area contributed by atoms with Gasteiger partial charge in [0.2, 0.25) is 0 Å².